The summed E-state index contributed by atoms with van der Waals surface area (Å²) in [6.07, 6.45) is 7.05. The van der Waals surface area contributed by atoms with Crippen LogP contribution in [0.5, 0.6) is 0 Å². The molecule has 1 aliphatic carbocycles. The Kier molecular flexibility index (Phi) is 9.40. The fraction of sp³-hybridized carbons (Fsp3) is 0.950. The molecule has 0 aromatic carbocycles. The molecule has 2 rings (SSSR count). The summed E-state index contributed by atoms with van der Waals surface area (Å²) >= 11 is 0. The first-order chi connectivity index (χ1) is 12.5. The number of hydrogen-bond acceptors (Lipinski definition) is 3. The number of likely N-dealkylation sites (tertiary alicyclic amines) is 1. The van der Waals surface area contributed by atoms with Crippen molar-refractivity contribution in [3.05, 3.63) is 0 Å². The van der Waals surface area contributed by atoms with Crippen LogP contribution in [0.1, 0.15) is 66.2 Å². The van der Waals surface area contributed by atoms with E-state index in [2.05, 4.69) is 36.3 Å². The van der Waals surface area contributed by atoms with Gasteiger partial charge >= 0.3 is 0 Å². The molecule has 2 fully saturated rings. The number of guanidine groups is 1. The van der Waals surface area contributed by atoms with E-state index in [0.717, 1.165) is 56.4 Å². The van der Waals surface area contributed by atoms with Crippen molar-refractivity contribution in [3.8, 4) is 0 Å². The number of piperidine rings is 1. The quantitative estimate of drug-likeness (QED) is 0.523. The van der Waals surface area contributed by atoms with Gasteiger partial charge in [0.25, 0.3) is 0 Å². The SMILES string of the molecule is CCNC(=NCC(C)N1CCC(C)CC1)NC1CCCC(S(=O)CC)C1. The largest absolute Gasteiger partial charge is 0.357 e. The van der Waals surface area contributed by atoms with Gasteiger partial charge in [0.2, 0.25) is 0 Å². The molecule has 0 bridgehead atoms. The van der Waals surface area contributed by atoms with Crippen LogP contribution >= 0.6 is 0 Å². The van der Waals surface area contributed by atoms with Gasteiger partial charge in [-0.05, 0) is 65.0 Å². The third-order valence-corrected chi connectivity index (χ3v) is 7.66. The second kappa shape index (κ2) is 11.3. The molecule has 0 spiro atoms. The molecule has 1 saturated heterocycles. The van der Waals surface area contributed by atoms with Gasteiger partial charge in [-0.2, -0.15) is 0 Å². The van der Waals surface area contributed by atoms with E-state index in [1.165, 1.54) is 25.9 Å². The van der Waals surface area contributed by atoms with Gasteiger partial charge in [0.1, 0.15) is 0 Å². The smallest absolute Gasteiger partial charge is 0.191 e. The van der Waals surface area contributed by atoms with Crippen LogP contribution in [0, 0.1) is 5.92 Å². The number of rotatable bonds is 7. The molecular weight excluding hydrogens is 344 g/mol. The molecule has 26 heavy (non-hydrogen) atoms. The van der Waals surface area contributed by atoms with Crippen molar-refractivity contribution < 1.29 is 4.21 Å². The van der Waals surface area contributed by atoms with E-state index in [4.69, 9.17) is 4.99 Å². The van der Waals surface area contributed by atoms with Crippen LogP contribution in [0.2, 0.25) is 0 Å². The molecule has 0 aromatic heterocycles. The lowest BCUT2D eigenvalue weighted by Gasteiger charge is -2.34. The maximum absolute atomic E-state index is 12.2. The van der Waals surface area contributed by atoms with E-state index < -0.39 is 10.8 Å². The second-order valence-corrected chi connectivity index (χ2v) is 10.1. The number of hydrogen-bond donors (Lipinski definition) is 2. The number of nitrogens with one attached hydrogen (secondary N) is 2. The fourth-order valence-electron chi connectivity index (χ4n) is 4.07. The summed E-state index contributed by atoms with van der Waals surface area (Å²) in [6, 6.07) is 0.887. The highest BCUT2D eigenvalue weighted by molar-refractivity contribution is 7.85. The Morgan fingerprint density at radius 2 is 1.96 bits per heavy atom. The first kappa shape index (κ1) is 21.7. The van der Waals surface area contributed by atoms with E-state index in [9.17, 15) is 4.21 Å². The fourth-order valence-corrected chi connectivity index (χ4v) is 5.42. The molecule has 5 nitrogen and oxygen atoms in total. The van der Waals surface area contributed by atoms with Crippen molar-refractivity contribution in [2.24, 2.45) is 10.9 Å². The molecule has 0 amide bonds. The Balaban J connectivity index is 1.86. The Morgan fingerprint density at radius 1 is 1.23 bits per heavy atom. The van der Waals surface area contributed by atoms with E-state index in [1.54, 1.807) is 0 Å². The van der Waals surface area contributed by atoms with Crippen LogP contribution in [0.15, 0.2) is 4.99 Å². The van der Waals surface area contributed by atoms with Gasteiger partial charge in [0.05, 0.1) is 6.54 Å². The van der Waals surface area contributed by atoms with Gasteiger partial charge in [0, 0.05) is 40.4 Å². The van der Waals surface area contributed by atoms with E-state index in [0.29, 0.717) is 17.3 Å². The van der Waals surface area contributed by atoms with Gasteiger partial charge in [-0.1, -0.05) is 20.3 Å². The zero-order valence-electron chi connectivity index (χ0n) is 17.3. The van der Waals surface area contributed by atoms with Gasteiger partial charge in [-0.15, -0.1) is 0 Å². The summed E-state index contributed by atoms with van der Waals surface area (Å²) in [7, 11) is -0.677. The standard InChI is InChI=1S/C20H40N4OS/c1-5-21-20(22-15-17(4)24-12-10-16(3)11-13-24)23-18-8-7-9-19(14-18)26(25)6-2/h16-19H,5-15H2,1-4H3,(H2,21,22,23). The minimum absolute atomic E-state index is 0.350. The van der Waals surface area contributed by atoms with Crippen LogP contribution in [0.3, 0.4) is 0 Å². The molecule has 0 aromatic rings. The molecule has 6 heteroatoms. The maximum Gasteiger partial charge on any atom is 0.191 e. The average molecular weight is 385 g/mol. The molecule has 0 radical (unpaired) electrons. The molecule has 152 valence electrons. The third-order valence-electron chi connectivity index (χ3n) is 5.92. The van der Waals surface area contributed by atoms with Crippen LogP contribution in [-0.2, 0) is 10.8 Å². The van der Waals surface area contributed by atoms with Crippen LogP contribution in [0.25, 0.3) is 0 Å². The summed E-state index contributed by atoms with van der Waals surface area (Å²) in [5.41, 5.74) is 0. The van der Waals surface area contributed by atoms with Crippen molar-refractivity contribution in [2.45, 2.75) is 83.6 Å². The van der Waals surface area contributed by atoms with Crippen LogP contribution in [-0.4, -0.2) is 64.3 Å². The van der Waals surface area contributed by atoms with Crippen molar-refractivity contribution >= 4 is 16.8 Å². The lowest BCUT2D eigenvalue weighted by molar-refractivity contribution is 0.150. The Morgan fingerprint density at radius 3 is 2.62 bits per heavy atom. The summed E-state index contributed by atoms with van der Waals surface area (Å²) < 4.78 is 12.2. The lowest BCUT2D eigenvalue weighted by Crippen LogP contribution is -2.47. The van der Waals surface area contributed by atoms with Crippen molar-refractivity contribution in [3.63, 3.8) is 0 Å². The first-order valence-corrected chi connectivity index (χ1v) is 12.1. The average Bonchev–Trinajstić information content (AvgIpc) is 2.66. The van der Waals surface area contributed by atoms with E-state index in [1.807, 2.05) is 6.92 Å². The summed E-state index contributed by atoms with van der Waals surface area (Å²) in [5, 5.41) is 7.37. The van der Waals surface area contributed by atoms with E-state index >= 15 is 0 Å². The summed E-state index contributed by atoms with van der Waals surface area (Å²) in [6.45, 7) is 12.9. The van der Waals surface area contributed by atoms with Gasteiger partial charge in [-0.25, -0.2) is 0 Å². The first-order valence-electron chi connectivity index (χ1n) is 10.7. The second-order valence-electron chi connectivity index (χ2n) is 8.09. The van der Waals surface area contributed by atoms with Crippen LogP contribution in [0.4, 0.5) is 0 Å². The summed E-state index contributed by atoms with van der Waals surface area (Å²) in [5.74, 6) is 2.57. The molecule has 1 heterocycles. The van der Waals surface area contributed by atoms with Crippen LogP contribution < -0.4 is 10.6 Å². The maximum atomic E-state index is 12.2. The normalized spacial score (nSPS) is 28.5. The minimum Gasteiger partial charge on any atom is -0.357 e. The predicted molar refractivity (Wildman–Crippen MR) is 113 cm³/mol. The van der Waals surface area contributed by atoms with E-state index in [-0.39, 0.29) is 0 Å². The molecule has 4 atom stereocenters. The van der Waals surface area contributed by atoms with Gasteiger partial charge in [-0.3, -0.25) is 14.1 Å². The highest BCUT2D eigenvalue weighted by Gasteiger charge is 2.26. The zero-order valence-corrected chi connectivity index (χ0v) is 18.1. The molecule has 2 N–H and O–H groups in total. The summed E-state index contributed by atoms with van der Waals surface area (Å²) in [4.78, 5) is 7.45. The third kappa shape index (κ3) is 6.84. The number of aliphatic imine (C=N–C) groups is 1. The number of nitrogens with zero attached hydrogens (tertiary/aromatic N) is 2. The minimum atomic E-state index is -0.677. The zero-order chi connectivity index (χ0) is 18.9. The Bertz CT molecular complexity index is 463. The molecule has 1 aliphatic heterocycles. The predicted octanol–water partition coefficient (Wildman–Crippen LogP) is 2.74. The molecule has 2 aliphatic rings. The Hall–Kier alpha value is -0.620. The van der Waals surface area contributed by atoms with Crippen molar-refractivity contribution in [1.29, 1.82) is 0 Å². The topological polar surface area (TPSA) is 56.7 Å². The highest BCUT2D eigenvalue weighted by atomic mass is 32.2. The van der Waals surface area contributed by atoms with Gasteiger partial charge in [0.15, 0.2) is 5.96 Å². The van der Waals surface area contributed by atoms with Crippen molar-refractivity contribution in [2.75, 3.05) is 31.9 Å². The lowest BCUT2D eigenvalue weighted by atomic mass is 9.95. The van der Waals surface area contributed by atoms with Crippen molar-refractivity contribution in [1.82, 2.24) is 15.5 Å². The molecule has 1 saturated carbocycles. The monoisotopic (exact) mass is 384 g/mol. The Labute approximate surface area is 163 Å². The molecule has 4 unspecified atom stereocenters. The highest BCUT2D eigenvalue weighted by Crippen LogP contribution is 2.23. The van der Waals surface area contributed by atoms with Gasteiger partial charge < -0.3 is 10.6 Å². The molecular formula is C20H40N4OS.